The van der Waals surface area contributed by atoms with Crippen molar-refractivity contribution in [2.24, 2.45) is 0 Å². The Morgan fingerprint density at radius 3 is 1.55 bits per heavy atom. The van der Waals surface area contributed by atoms with Crippen LogP contribution in [0.25, 0.3) is 125 Å². The number of benzene rings is 10. The topological polar surface area (TPSA) is 30.7 Å². The average molecular weight is 832 g/mol. The number of para-hydroxylation sites is 1. The summed E-state index contributed by atoms with van der Waals surface area (Å²) in [7, 11) is 0. The van der Waals surface area contributed by atoms with Crippen LogP contribution in [0.3, 0.4) is 0 Å². The molecule has 3 aromatic heterocycles. The third-order valence-electron chi connectivity index (χ3n) is 12.8. The predicted octanol–water partition coefficient (Wildman–Crippen LogP) is 16.6. The highest BCUT2D eigenvalue weighted by Gasteiger charge is 2.21. The number of rotatable bonds is 6. The van der Waals surface area contributed by atoms with E-state index in [4.69, 9.17) is 9.97 Å². The van der Waals surface area contributed by atoms with Crippen LogP contribution in [0.1, 0.15) is 0 Å². The molecule has 0 unspecified atom stereocenters. The minimum absolute atomic E-state index is 0.731. The molecule has 0 aliphatic carbocycles. The lowest BCUT2D eigenvalue weighted by Gasteiger charge is -2.12. The molecule has 0 fully saturated rings. The Hall–Kier alpha value is -8.18. The van der Waals surface area contributed by atoms with Crippen LogP contribution in [0.2, 0.25) is 0 Å². The Kier molecular flexibility index (Phi) is 8.40. The molecule has 3 heterocycles. The Bertz CT molecular complexity index is 3830. The van der Waals surface area contributed by atoms with Crippen LogP contribution in [0, 0.1) is 0 Å². The van der Waals surface area contributed by atoms with Gasteiger partial charge in [-0.3, -0.25) is 0 Å². The van der Waals surface area contributed by atoms with E-state index in [1.54, 1.807) is 0 Å². The SMILES string of the molecule is c1ccc(-c2ccc(-c3nc(-c4cc5ccccc5c5c4sc4cc(-n6c7ccc(-c8ccccc8)cc7c7cc(-c8ccccc8)ccc76)ccc45)nc4ccccc34)cc2)cc1. The van der Waals surface area contributed by atoms with Gasteiger partial charge < -0.3 is 4.57 Å². The molecule has 10 aromatic carbocycles. The zero-order valence-corrected chi connectivity index (χ0v) is 35.4. The van der Waals surface area contributed by atoms with Crippen LogP contribution in [-0.2, 0) is 0 Å². The van der Waals surface area contributed by atoms with Gasteiger partial charge in [-0.2, -0.15) is 0 Å². The van der Waals surface area contributed by atoms with E-state index in [2.05, 4.69) is 229 Å². The van der Waals surface area contributed by atoms with E-state index in [0.717, 1.165) is 39.2 Å². The normalized spacial score (nSPS) is 11.8. The molecule has 0 spiro atoms. The summed E-state index contributed by atoms with van der Waals surface area (Å²) in [4.78, 5) is 10.7. The smallest absolute Gasteiger partial charge is 0.161 e. The molecule has 64 heavy (non-hydrogen) atoms. The van der Waals surface area contributed by atoms with Gasteiger partial charge in [0.05, 0.1) is 22.2 Å². The van der Waals surface area contributed by atoms with Gasteiger partial charge in [0, 0.05) is 53.1 Å². The van der Waals surface area contributed by atoms with E-state index in [9.17, 15) is 0 Å². The van der Waals surface area contributed by atoms with Crippen LogP contribution in [0.5, 0.6) is 0 Å². The second kappa shape index (κ2) is 14.7. The largest absolute Gasteiger partial charge is 0.309 e. The molecular formula is C60H37N3S. The standard InChI is InChI=1S/C60H37N3S/c1-4-14-38(15-5-1)41-24-26-42(27-25-41)58-48-22-12-13-23-53(48)61-60(62-58)52-36-45-20-10-11-21-47(45)57-49-31-30-46(37-56(49)64-59(52)57)63-54-32-28-43(39-16-6-2-7-17-39)34-50(54)51-35-44(29-33-55(51)63)40-18-8-3-9-19-40/h1-37H. The van der Waals surface area contributed by atoms with Crippen LogP contribution in [0.15, 0.2) is 224 Å². The van der Waals surface area contributed by atoms with Gasteiger partial charge >= 0.3 is 0 Å². The molecule has 0 saturated carbocycles. The maximum atomic E-state index is 5.45. The predicted molar refractivity (Wildman–Crippen MR) is 271 cm³/mol. The van der Waals surface area contributed by atoms with Gasteiger partial charge in [0.15, 0.2) is 5.82 Å². The fourth-order valence-corrected chi connectivity index (χ4v) is 11.0. The van der Waals surface area contributed by atoms with Crippen molar-refractivity contribution in [1.29, 1.82) is 0 Å². The molecular weight excluding hydrogens is 795 g/mol. The lowest BCUT2D eigenvalue weighted by Crippen LogP contribution is -1.95. The summed E-state index contributed by atoms with van der Waals surface area (Å²) in [5.41, 5.74) is 14.7. The number of fused-ring (bicyclic) bond motifs is 9. The van der Waals surface area contributed by atoms with Gasteiger partial charge in [0.25, 0.3) is 0 Å². The number of hydrogen-bond acceptors (Lipinski definition) is 3. The molecule has 0 radical (unpaired) electrons. The Morgan fingerprint density at radius 1 is 0.359 bits per heavy atom. The first-order valence-corrected chi connectivity index (χ1v) is 22.5. The molecule has 298 valence electrons. The van der Waals surface area contributed by atoms with Crippen LogP contribution < -0.4 is 0 Å². The van der Waals surface area contributed by atoms with Crippen molar-refractivity contribution < 1.29 is 0 Å². The first-order valence-electron chi connectivity index (χ1n) is 21.7. The maximum Gasteiger partial charge on any atom is 0.161 e. The highest BCUT2D eigenvalue weighted by Crippen LogP contribution is 2.46. The van der Waals surface area contributed by atoms with E-state index in [-0.39, 0.29) is 0 Å². The lowest BCUT2D eigenvalue weighted by atomic mass is 9.99. The van der Waals surface area contributed by atoms with Crippen molar-refractivity contribution in [1.82, 2.24) is 14.5 Å². The van der Waals surface area contributed by atoms with Gasteiger partial charge in [0.1, 0.15) is 0 Å². The average Bonchev–Trinajstić information content (AvgIpc) is 3.92. The highest BCUT2D eigenvalue weighted by molar-refractivity contribution is 7.26. The Labute approximate surface area is 373 Å². The van der Waals surface area contributed by atoms with Crippen molar-refractivity contribution in [3.05, 3.63) is 224 Å². The number of hydrogen-bond donors (Lipinski definition) is 0. The van der Waals surface area contributed by atoms with Crippen molar-refractivity contribution in [3.63, 3.8) is 0 Å². The fraction of sp³-hybridized carbons (Fsp3) is 0. The second-order valence-corrected chi connectivity index (χ2v) is 17.6. The van der Waals surface area contributed by atoms with Gasteiger partial charge in [-0.05, 0) is 92.7 Å². The van der Waals surface area contributed by atoms with Gasteiger partial charge in [-0.25, -0.2) is 9.97 Å². The summed E-state index contributed by atoms with van der Waals surface area (Å²) in [6.07, 6.45) is 0. The molecule has 4 heteroatoms. The first-order chi connectivity index (χ1) is 31.7. The van der Waals surface area contributed by atoms with Gasteiger partial charge in [0.2, 0.25) is 0 Å². The summed E-state index contributed by atoms with van der Waals surface area (Å²) < 4.78 is 4.85. The third-order valence-corrected chi connectivity index (χ3v) is 14.0. The van der Waals surface area contributed by atoms with Gasteiger partial charge in [-0.1, -0.05) is 176 Å². The van der Waals surface area contributed by atoms with Crippen molar-refractivity contribution >= 4 is 75.0 Å². The quantitative estimate of drug-likeness (QED) is 0.167. The van der Waals surface area contributed by atoms with E-state index in [1.807, 2.05) is 11.3 Å². The van der Waals surface area contributed by atoms with E-state index in [0.29, 0.717) is 0 Å². The maximum absolute atomic E-state index is 5.45. The third kappa shape index (κ3) is 5.95. The molecule has 13 rings (SSSR count). The molecule has 3 nitrogen and oxygen atoms in total. The van der Waals surface area contributed by atoms with Gasteiger partial charge in [-0.15, -0.1) is 11.3 Å². The zero-order valence-electron chi connectivity index (χ0n) is 34.6. The summed E-state index contributed by atoms with van der Waals surface area (Å²) >= 11 is 1.83. The molecule has 13 aromatic rings. The van der Waals surface area contributed by atoms with E-state index < -0.39 is 0 Å². The molecule has 0 aliphatic heterocycles. The molecule has 0 atom stereocenters. The molecule has 0 aliphatic rings. The lowest BCUT2D eigenvalue weighted by molar-refractivity contribution is 1.19. The van der Waals surface area contributed by atoms with Crippen LogP contribution in [-0.4, -0.2) is 14.5 Å². The molecule has 0 N–H and O–H groups in total. The number of aromatic nitrogens is 3. The number of thiophene rings is 1. The summed E-state index contributed by atoms with van der Waals surface area (Å²) in [6.45, 7) is 0. The van der Waals surface area contributed by atoms with E-state index >= 15 is 0 Å². The molecule has 0 amide bonds. The molecule has 0 saturated heterocycles. The molecule has 0 bridgehead atoms. The van der Waals surface area contributed by atoms with Crippen molar-refractivity contribution in [2.75, 3.05) is 0 Å². The minimum Gasteiger partial charge on any atom is -0.309 e. The van der Waals surface area contributed by atoms with Crippen molar-refractivity contribution in [2.45, 2.75) is 0 Å². The van der Waals surface area contributed by atoms with E-state index in [1.165, 1.54) is 86.1 Å². The summed E-state index contributed by atoms with van der Waals surface area (Å²) in [5.74, 6) is 0.731. The Balaban J connectivity index is 1.01. The van der Waals surface area contributed by atoms with Crippen LogP contribution >= 0.6 is 11.3 Å². The Morgan fingerprint density at radius 2 is 0.891 bits per heavy atom. The minimum atomic E-state index is 0.731. The van der Waals surface area contributed by atoms with Crippen LogP contribution in [0.4, 0.5) is 0 Å². The summed E-state index contributed by atoms with van der Waals surface area (Å²) in [5, 5.41) is 8.39. The number of nitrogens with zero attached hydrogens (tertiary/aromatic N) is 3. The first kappa shape index (κ1) is 36.5. The zero-order chi connectivity index (χ0) is 42.1. The van der Waals surface area contributed by atoms with Crippen molar-refractivity contribution in [3.8, 4) is 61.7 Å². The highest BCUT2D eigenvalue weighted by atomic mass is 32.1. The monoisotopic (exact) mass is 831 g/mol. The fourth-order valence-electron chi connectivity index (χ4n) is 9.71. The summed E-state index contributed by atoms with van der Waals surface area (Å²) in [6, 6.07) is 80.9. The second-order valence-electron chi connectivity index (χ2n) is 16.5.